The number of rotatable bonds is 3. The van der Waals surface area contributed by atoms with E-state index >= 15 is 0 Å². The maximum absolute atomic E-state index is 12.6. The highest BCUT2D eigenvalue weighted by Crippen LogP contribution is 2.25. The second-order valence-electron chi connectivity index (χ2n) is 7.14. The molecular formula is C17H26N4O2. The molecule has 2 fully saturated rings. The summed E-state index contributed by atoms with van der Waals surface area (Å²) in [6.07, 6.45) is 7.19. The first kappa shape index (κ1) is 16.2. The normalized spacial score (nSPS) is 27.5. The summed E-state index contributed by atoms with van der Waals surface area (Å²) in [4.78, 5) is 23.3. The van der Waals surface area contributed by atoms with Crippen LogP contribution in [0.25, 0.3) is 0 Å². The summed E-state index contributed by atoms with van der Waals surface area (Å²) in [7, 11) is 0. The molecule has 1 amide bonds. The molecule has 2 aliphatic rings. The SMILES string of the molecule is CC1(C)C[C@H](NC(=O)[C@@H]2CCCN(c3ncccn3)C2)CCO1. The van der Waals surface area contributed by atoms with Crippen LogP contribution in [0.2, 0.25) is 0 Å². The molecule has 2 aliphatic heterocycles. The van der Waals surface area contributed by atoms with Gasteiger partial charge in [-0.3, -0.25) is 4.79 Å². The van der Waals surface area contributed by atoms with Crippen LogP contribution in [-0.2, 0) is 9.53 Å². The number of anilines is 1. The summed E-state index contributed by atoms with van der Waals surface area (Å²) in [5.74, 6) is 0.893. The average Bonchev–Trinajstić information content (AvgIpc) is 2.55. The third kappa shape index (κ3) is 4.19. The highest BCUT2D eigenvalue weighted by Gasteiger charge is 2.32. The molecule has 2 saturated heterocycles. The van der Waals surface area contributed by atoms with Gasteiger partial charge in [-0.15, -0.1) is 0 Å². The van der Waals surface area contributed by atoms with Crippen molar-refractivity contribution in [2.75, 3.05) is 24.6 Å². The minimum Gasteiger partial charge on any atom is -0.375 e. The highest BCUT2D eigenvalue weighted by atomic mass is 16.5. The van der Waals surface area contributed by atoms with Gasteiger partial charge in [-0.1, -0.05) is 0 Å². The van der Waals surface area contributed by atoms with E-state index in [1.165, 1.54) is 0 Å². The third-order valence-electron chi connectivity index (χ3n) is 4.67. The Hall–Kier alpha value is -1.69. The first-order valence-electron chi connectivity index (χ1n) is 8.50. The molecule has 1 aromatic rings. The van der Waals surface area contributed by atoms with Gasteiger partial charge in [-0.2, -0.15) is 0 Å². The number of nitrogens with one attached hydrogen (secondary N) is 1. The fraction of sp³-hybridized carbons (Fsp3) is 0.706. The Labute approximate surface area is 137 Å². The molecule has 0 bridgehead atoms. The Kier molecular flexibility index (Phi) is 4.80. The third-order valence-corrected chi connectivity index (χ3v) is 4.67. The van der Waals surface area contributed by atoms with Crippen LogP contribution in [0.15, 0.2) is 18.5 Å². The number of ether oxygens (including phenoxy) is 1. The summed E-state index contributed by atoms with van der Waals surface area (Å²) in [6.45, 7) is 6.49. The molecule has 0 aromatic carbocycles. The number of carbonyl (C=O) groups is 1. The van der Waals surface area contributed by atoms with Gasteiger partial charge in [0.1, 0.15) is 0 Å². The number of amides is 1. The van der Waals surface area contributed by atoms with Crippen LogP contribution in [0, 0.1) is 5.92 Å². The number of carbonyl (C=O) groups excluding carboxylic acids is 1. The molecule has 3 rings (SSSR count). The number of hydrogen-bond acceptors (Lipinski definition) is 5. The second kappa shape index (κ2) is 6.83. The topological polar surface area (TPSA) is 67.4 Å². The van der Waals surface area contributed by atoms with E-state index < -0.39 is 0 Å². The van der Waals surface area contributed by atoms with E-state index in [0.717, 1.165) is 38.2 Å². The maximum atomic E-state index is 12.6. The average molecular weight is 318 g/mol. The Morgan fingerprint density at radius 2 is 2.13 bits per heavy atom. The molecule has 126 valence electrons. The predicted molar refractivity (Wildman–Crippen MR) is 88.2 cm³/mol. The molecule has 0 saturated carbocycles. The number of piperidine rings is 1. The lowest BCUT2D eigenvalue weighted by Gasteiger charge is -2.37. The molecular weight excluding hydrogens is 292 g/mol. The van der Waals surface area contributed by atoms with Gasteiger partial charge in [0.25, 0.3) is 0 Å². The van der Waals surface area contributed by atoms with E-state index in [-0.39, 0.29) is 23.5 Å². The summed E-state index contributed by atoms with van der Waals surface area (Å²) < 4.78 is 5.72. The maximum Gasteiger partial charge on any atom is 0.225 e. The van der Waals surface area contributed by atoms with Crippen molar-refractivity contribution in [1.82, 2.24) is 15.3 Å². The fourth-order valence-corrected chi connectivity index (χ4v) is 3.50. The molecule has 0 spiro atoms. The van der Waals surface area contributed by atoms with Crippen LogP contribution < -0.4 is 10.2 Å². The molecule has 0 radical (unpaired) electrons. The van der Waals surface area contributed by atoms with Crippen LogP contribution in [0.3, 0.4) is 0 Å². The zero-order valence-corrected chi connectivity index (χ0v) is 14.0. The molecule has 0 unspecified atom stereocenters. The zero-order valence-electron chi connectivity index (χ0n) is 14.0. The molecule has 6 heteroatoms. The van der Waals surface area contributed by atoms with Gasteiger partial charge < -0.3 is 15.0 Å². The first-order chi connectivity index (χ1) is 11.0. The molecule has 1 aromatic heterocycles. The molecule has 3 heterocycles. The second-order valence-corrected chi connectivity index (χ2v) is 7.14. The smallest absolute Gasteiger partial charge is 0.225 e. The largest absolute Gasteiger partial charge is 0.375 e. The molecule has 1 N–H and O–H groups in total. The van der Waals surface area contributed by atoms with E-state index in [0.29, 0.717) is 13.2 Å². The van der Waals surface area contributed by atoms with Gasteiger partial charge in [0.2, 0.25) is 11.9 Å². The monoisotopic (exact) mass is 318 g/mol. The standard InChI is InChI=1S/C17H26N4O2/c1-17(2)11-14(6-10-23-17)20-15(22)13-5-3-9-21(12-13)16-18-7-4-8-19-16/h4,7-8,13-14H,3,5-6,9-12H2,1-2H3,(H,20,22)/t13-,14-/m1/s1. The quantitative estimate of drug-likeness (QED) is 0.920. The van der Waals surface area contributed by atoms with Crippen molar-refractivity contribution in [2.24, 2.45) is 5.92 Å². The van der Waals surface area contributed by atoms with Crippen molar-refractivity contribution in [3.63, 3.8) is 0 Å². The first-order valence-corrected chi connectivity index (χ1v) is 8.50. The van der Waals surface area contributed by atoms with Gasteiger partial charge in [-0.25, -0.2) is 9.97 Å². The minimum absolute atomic E-state index is 0.0125. The molecule has 23 heavy (non-hydrogen) atoms. The van der Waals surface area contributed by atoms with E-state index in [1.54, 1.807) is 12.4 Å². The van der Waals surface area contributed by atoms with Crippen molar-refractivity contribution in [3.8, 4) is 0 Å². The Balaban J connectivity index is 1.57. The van der Waals surface area contributed by atoms with Gasteiger partial charge in [0.05, 0.1) is 11.5 Å². The molecule has 6 nitrogen and oxygen atoms in total. The highest BCUT2D eigenvalue weighted by molar-refractivity contribution is 5.79. The van der Waals surface area contributed by atoms with Crippen molar-refractivity contribution >= 4 is 11.9 Å². The Bertz CT molecular complexity index is 535. The van der Waals surface area contributed by atoms with Gasteiger partial charge in [-0.05, 0) is 45.6 Å². The molecule has 2 atom stereocenters. The fourth-order valence-electron chi connectivity index (χ4n) is 3.50. The van der Waals surface area contributed by atoms with Gasteiger partial charge in [0.15, 0.2) is 0 Å². The lowest BCUT2D eigenvalue weighted by Crippen LogP contribution is -2.50. The van der Waals surface area contributed by atoms with E-state index in [9.17, 15) is 4.79 Å². The minimum atomic E-state index is -0.146. The predicted octanol–water partition coefficient (Wildman–Crippen LogP) is 1.77. The lowest BCUT2D eigenvalue weighted by atomic mass is 9.92. The summed E-state index contributed by atoms with van der Waals surface area (Å²) >= 11 is 0. The Morgan fingerprint density at radius 1 is 1.35 bits per heavy atom. The van der Waals surface area contributed by atoms with Crippen molar-refractivity contribution in [2.45, 2.75) is 51.2 Å². The number of nitrogens with zero attached hydrogens (tertiary/aromatic N) is 3. The van der Waals surface area contributed by atoms with E-state index in [2.05, 4.69) is 34.0 Å². The van der Waals surface area contributed by atoms with Crippen LogP contribution in [-0.4, -0.2) is 47.2 Å². The van der Waals surface area contributed by atoms with Crippen LogP contribution in [0.4, 0.5) is 5.95 Å². The van der Waals surface area contributed by atoms with Crippen LogP contribution >= 0.6 is 0 Å². The zero-order chi connectivity index (χ0) is 16.3. The van der Waals surface area contributed by atoms with Crippen LogP contribution in [0.1, 0.15) is 39.5 Å². The van der Waals surface area contributed by atoms with E-state index in [1.807, 2.05) is 6.07 Å². The molecule has 0 aliphatic carbocycles. The van der Waals surface area contributed by atoms with Crippen molar-refractivity contribution in [3.05, 3.63) is 18.5 Å². The summed E-state index contributed by atoms with van der Waals surface area (Å²) in [6, 6.07) is 2.03. The summed E-state index contributed by atoms with van der Waals surface area (Å²) in [5.41, 5.74) is -0.146. The van der Waals surface area contributed by atoms with Crippen molar-refractivity contribution < 1.29 is 9.53 Å². The number of aromatic nitrogens is 2. The van der Waals surface area contributed by atoms with Crippen molar-refractivity contribution in [1.29, 1.82) is 0 Å². The Morgan fingerprint density at radius 3 is 2.87 bits per heavy atom. The van der Waals surface area contributed by atoms with Gasteiger partial charge >= 0.3 is 0 Å². The van der Waals surface area contributed by atoms with Gasteiger partial charge in [0, 0.05) is 38.1 Å². The summed E-state index contributed by atoms with van der Waals surface area (Å²) in [5, 5.41) is 3.23. The van der Waals surface area contributed by atoms with E-state index in [4.69, 9.17) is 4.74 Å². The number of hydrogen-bond donors (Lipinski definition) is 1. The van der Waals surface area contributed by atoms with Crippen LogP contribution in [0.5, 0.6) is 0 Å². The lowest BCUT2D eigenvalue weighted by molar-refractivity contribution is -0.128.